The molecule has 0 aromatic carbocycles. The second-order valence-electron chi connectivity index (χ2n) is 4.12. The van der Waals surface area contributed by atoms with E-state index in [4.69, 9.17) is 0 Å². The number of nitrogens with one attached hydrogen (secondary N) is 1. The zero-order valence-electron chi connectivity index (χ0n) is 8.94. The number of hydrogen-bond acceptors (Lipinski definition) is 5. The third kappa shape index (κ3) is 2.66. The summed E-state index contributed by atoms with van der Waals surface area (Å²) in [4.78, 5) is 4.26. The van der Waals surface area contributed by atoms with Gasteiger partial charge in [-0.2, -0.15) is 4.37 Å². The molecular formula is C10H17N3OS. The van der Waals surface area contributed by atoms with Crippen LogP contribution in [0.2, 0.25) is 0 Å². The largest absolute Gasteiger partial charge is 0.394 e. The van der Waals surface area contributed by atoms with Crippen LogP contribution >= 0.6 is 11.5 Å². The fourth-order valence-electron chi connectivity index (χ4n) is 2.19. The highest BCUT2D eigenvalue weighted by atomic mass is 32.1. The first-order valence-electron chi connectivity index (χ1n) is 5.47. The molecule has 1 unspecified atom stereocenters. The molecule has 0 bridgehead atoms. The molecule has 1 fully saturated rings. The van der Waals surface area contributed by atoms with Crippen LogP contribution in [0.3, 0.4) is 0 Å². The van der Waals surface area contributed by atoms with Crippen molar-refractivity contribution >= 4 is 16.7 Å². The molecule has 1 aliphatic carbocycles. The summed E-state index contributed by atoms with van der Waals surface area (Å²) in [6, 6.07) is 0.153. The van der Waals surface area contributed by atoms with Crippen LogP contribution in [-0.2, 0) is 0 Å². The summed E-state index contributed by atoms with van der Waals surface area (Å²) in [5.74, 6) is 1.39. The third-order valence-corrected chi connectivity index (χ3v) is 3.74. The number of nitrogens with zero attached hydrogens (tertiary/aromatic N) is 2. The summed E-state index contributed by atoms with van der Waals surface area (Å²) in [5.41, 5.74) is 0. The summed E-state index contributed by atoms with van der Waals surface area (Å²) in [5, 5.41) is 13.5. The number of aromatic nitrogens is 2. The second-order valence-corrected chi connectivity index (χ2v) is 4.88. The monoisotopic (exact) mass is 227 g/mol. The number of rotatable bonds is 4. The molecule has 1 atom stereocenters. The summed E-state index contributed by atoms with van der Waals surface area (Å²) in [6.45, 7) is 2.06. The van der Waals surface area contributed by atoms with Crippen molar-refractivity contribution < 1.29 is 5.11 Å². The van der Waals surface area contributed by atoms with Gasteiger partial charge in [0.15, 0.2) is 0 Å². The average molecular weight is 227 g/mol. The molecule has 0 amide bonds. The Kier molecular flexibility index (Phi) is 3.53. The Morgan fingerprint density at radius 3 is 2.80 bits per heavy atom. The zero-order valence-corrected chi connectivity index (χ0v) is 9.76. The molecule has 84 valence electrons. The van der Waals surface area contributed by atoms with Crippen molar-refractivity contribution in [2.45, 2.75) is 38.6 Å². The molecule has 1 aromatic rings. The minimum Gasteiger partial charge on any atom is -0.394 e. The molecule has 1 aromatic heterocycles. The third-order valence-electron chi connectivity index (χ3n) is 3.00. The van der Waals surface area contributed by atoms with Gasteiger partial charge in [0.2, 0.25) is 5.13 Å². The molecule has 4 nitrogen and oxygen atoms in total. The van der Waals surface area contributed by atoms with Crippen molar-refractivity contribution in [1.82, 2.24) is 9.36 Å². The minimum atomic E-state index is 0.153. The van der Waals surface area contributed by atoms with Crippen molar-refractivity contribution in [1.29, 1.82) is 0 Å². The van der Waals surface area contributed by atoms with Crippen LogP contribution in [0, 0.1) is 12.8 Å². The number of hydrogen-bond donors (Lipinski definition) is 2. The second kappa shape index (κ2) is 4.90. The van der Waals surface area contributed by atoms with E-state index in [2.05, 4.69) is 14.7 Å². The molecule has 2 rings (SSSR count). The Labute approximate surface area is 93.9 Å². The van der Waals surface area contributed by atoms with Gasteiger partial charge in [-0.1, -0.05) is 12.8 Å². The first-order chi connectivity index (χ1) is 7.29. The molecule has 0 aliphatic heterocycles. The van der Waals surface area contributed by atoms with E-state index in [0.29, 0.717) is 5.92 Å². The lowest BCUT2D eigenvalue weighted by Crippen LogP contribution is -2.31. The van der Waals surface area contributed by atoms with E-state index in [1.165, 1.54) is 37.2 Å². The van der Waals surface area contributed by atoms with Gasteiger partial charge in [0.25, 0.3) is 0 Å². The Morgan fingerprint density at radius 2 is 2.27 bits per heavy atom. The summed E-state index contributed by atoms with van der Waals surface area (Å²) in [6.07, 6.45) is 5.02. The number of aryl methyl sites for hydroxylation is 1. The van der Waals surface area contributed by atoms with Gasteiger partial charge < -0.3 is 10.4 Å². The van der Waals surface area contributed by atoms with Crippen LogP contribution in [0.4, 0.5) is 5.13 Å². The van der Waals surface area contributed by atoms with Gasteiger partial charge in [-0.15, -0.1) is 0 Å². The average Bonchev–Trinajstić information content (AvgIpc) is 2.85. The predicted molar refractivity (Wildman–Crippen MR) is 61.1 cm³/mol. The quantitative estimate of drug-likeness (QED) is 0.823. The van der Waals surface area contributed by atoms with E-state index in [1.54, 1.807) is 0 Å². The Hall–Kier alpha value is -0.680. The van der Waals surface area contributed by atoms with Crippen molar-refractivity contribution in [3.63, 3.8) is 0 Å². The van der Waals surface area contributed by atoms with Gasteiger partial charge >= 0.3 is 0 Å². The highest BCUT2D eigenvalue weighted by Gasteiger charge is 2.24. The normalized spacial score (nSPS) is 19.3. The van der Waals surface area contributed by atoms with E-state index < -0.39 is 0 Å². The number of anilines is 1. The van der Waals surface area contributed by atoms with E-state index >= 15 is 0 Å². The smallest absolute Gasteiger partial charge is 0.202 e. The van der Waals surface area contributed by atoms with Crippen molar-refractivity contribution in [2.24, 2.45) is 5.92 Å². The summed E-state index contributed by atoms with van der Waals surface area (Å²) >= 11 is 1.37. The van der Waals surface area contributed by atoms with E-state index in [1.807, 2.05) is 6.92 Å². The standard InChI is InChI=1S/C10H17N3OS/c1-7-11-10(15-13-7)12-9(6-14)8-4-2-3-5-8/h8-9,14H,2-6H2,1H3,(H,11,12,13). The van der Waals surface area contributed by atoms with Crippen LogP contribution in [0.1, 0.15) is 31.5 Å². The highest BCUT2D eigenvalue weighted by Crippen LogP contribution is 2.29. The van der Waals surface area contributed by atoms with Gasteiger partial charge in [0.05, 0.1) is 12.6 Å². The van der Waals surface area contributed by atoms with E-state index in [0.717, 1.165) is 11.0 Å². The van der Waals surface area contributed by atoms with Crippen molar-refractivity contribution in [3.8, 4) is 0 Å². The minimum absolute atomic E-state index is 0.153. The van der Waals surface area contributed by atoms with Crippen LogP contribution in [0.5, 0.6) is 0 Å². The molecule has 0 saturated heterocycles. The van der Waals surface area contributed by atoms with Crippen LogP contribution in [-0.4, -0.2) is 27.1 Å². The van der Waals surface area contributed by atoms with E-state index in [9.17, 15) is 5.11 Å². The number of aliphatic hydroxyl groups is 1. The topological polar surface area (TPSA) is 58.0 Å². The summed E-state index contributed by atoms with van der Waals surface area (Å²) in [7, 11) is 0. The van der Waals surface area contributed by atoms with Gasteiger partial charge in [-0.25, -0.2) is 4.98 Å². The SMILES string of the molecule is Cc1nsc(NC(CO)C2CCCC2)n1. The van der Waals surface area contributed by atoms with Crippen molar-refractivity contribution in [3.05, 3.63) is 5.82 Å². The zero-order chi connectivity index (χ0) is 10.7. The molecule has 0 radical (unpaired) electrons. The molecule has 5 heteroatoms. The number of aliphatic hydroxyl groups excluding tert-OH is 1. The molecule has 15 heavy (non-hydrogen) atoms. The fraction of sp³-hybridized carbons (Fsp3) is 0.800. The van der Waals surface area contributed by atoms with Crippen LogP contribution in [0.25, 0.3) is 0 Å². The van der Waals surface area contributed by atoms with Gasteiger partial charge in [-0.3, -0.25) is 0 Å². The fourth-order valence-corrected chi connectivity index (χ4v) is 2.82. The lowest BCUT2D eigenvalue weighted by atomic mass is 9.99. The van der Waals surface area contributed by atoms with Crippen LogP contribution in [0.15, 0.2) is 0 Å². The molecule has 2 N–H and O–H groups in total. The lowest BCUT2D eigenvalue weighted by Gasteiger charge is -2.21. The first kappa shape index (κ1) is 10.8. The van der Waals surface area contributed by atoms with E-state index in [-0.39, 0.29) is 12.6 Å². The maximum absolute atomic E-state index is 9.35. The summed E-state index contributed by atoms with van der Waals surface area (Å²) < 4.78 is 4.12. The maximum atomic E-state index is 9.35. The maximum Gasteiger partial charge on any atom is 0.202 e. The molecule has 1 heterocycles. The molecular weight excluding hydrogens is 210 g/mol. The van der Waals surface area contributed by atoms with Gasteiger partial charge in [0.1, 0.15) is 5.82 Å². The van der Waals surface area contributed by atoms with Crippen molar-refractivity contribution in [2.75, 3.05) is 11.9 Å². The Balaban J connectivity index is 1.95. The molecule has 1 saturated carbocycles. The molecule has 1 aliphatic rings. The Morgan fingerprint density at radius 1 is 1.53 bits per heavy atom. The predicted octanol–water partition coefficient (Wildman–Crippen LogP) is 1.81. The Bertz CT molecular complexity index is 309. The molecule has 0 spiro atoms. The lowest BCUT2D eigenvalue weighted by molar-refractivity contribution is 0.238. The van der Waals surface area contributed by atoms with Gasteiger partial charge in [-0.05, 0) is 25.7 Å². The van der Waals surface area contributed by atoms with Crippen LogP contribution < -0.4 is 5.32 Å². The highest BCUT2D eigenvalue weighted by molar-refractivity contribution is 7.09. The van der Waals surface area contributed by atoms with Gasteiger partial charge in [0, 0.05) is 11.5 Å². The first-order valence-corrected chi connectivity index (χ1v) is 6.24.